The van der Waals surface area contributed by atoms with E-state index in [1.165, 1.54) is 5.56 Å². The van der Waals surface area contributed by atoms with E-state index < -0.39 is 0 Å². The molecule has 2 aromatic rings. The quantitative estimate of drug-likeness (QED) is 0.912. The van der Waals surface area contributed by atoms with Crippen molar-refractivity contribution < 1.29 is 4.74 Å². The van der Waals surface area contributed by atoms with Crippen LogP contribution in [0.3, 0.4) is 0 Å². The smallest absolute Gasteiger partial charge is 0.166 e. The second kappa shape index (κ2) is 6.71. The lowest BCUT2D eigenvalue weighted by molar-refractivity contribution is 0.414. The Morgan fingerprint density at radius 2 is 1.90 bits per heavy atom. The molecule has 0 aliphatic heterocycles. The molecule has 0 amide bonds. The van der Waals surface area contributed by atoms with Gasteiger partial charge in [0.15, 0.2) is 5.82 Å². The zero-order chi connectivity index (χ0) is 15.2. The normalized spacial score (nSPS) is 10.0. The molecule has 1 aromatic heterocycles. The van der Waals surface area contributed by atoms with E-state index >= 15 is 0 Å². The predicted octanol–water partition coefficient (Wildman–Crippen LogP) is 2.63. The Hall–Kier alpha value is -2.61. The first-order valence-electron chi connectivity index (χ1n) is 6.76. The van der Waals surface area contributed by atoms with Crippen molar-refractivity contribution in [1.82, 2.24) is 10.2 Å². The minimum Gasteiger partial charge on any atom is -0.497 e. The molecule has 1 heterocycles. The highest BCUT2D eigenvalue weighted by atomic mass is 16.5. The second-order valence-corrected chi connectivity index (χ2v) is 4.77. The molecule has 0 radical (unpaired) electrons. The average Bonchev–Trinajstić information content (AvgIpc) is 2.51. The molecule has 0 aliphatic carbocycles. The summed E-state index contributed by atoms with van der Waals surface area (Å²) in [5, 5.41) is 20.5. The van der Waals surface area contributed by atoms with Gasteiger partial charge in [-0.3, -0.25) is 0 Å². The Morgan fingerprint density at radius 3 is 2.52 bits per heavy atom. The predicted molar refractivity (Wildman–Crippen MR) is 81.4 cm³/mol. The number of aryl methyl sites for hydroxylation is 1. The molecule has 21 heavy (non-hydrogen) atoms. The highest BCUT2D eigenvalue weighted by Gasteiger charge is 2.10. The van der Waals surface area contributed by atoms with Gasteiger partial charge in [0.05, 0.1) is 12.8 Å². The highest BCUT2D eigenvalue weighted by molar-refractivity contribution is 5.55. The SMILES string of the molecule is COc1ccc(CCNc2nnc(C)c(C)c2C#N)cc1. The zero-order valence-electron chi connectivity index (χ0n) is 12.5. The Morgan fingerprint density at radius 1 is 1.19 bits per heavy atom. The van der Waals surface area contributed by atoms with Crippen LogP contribution in [0.4, 0.5) is 5.82 Å². The van der Waals surface area contributed by atoms with Gasteiger partial charge in [0.25, 0.3) is 0 Å². The third-order valence-electron chi connectivity index (χ3n) is 3.43. The zero-order valence-corrected chi connectivity index (χ0v) is 12.5. The Balaban J connectivity index is 2.00. The first kappa shape index (κ1) is 14.8. The Kier molecular flexibility index (Phi) is 4.72. The number of nitrogens with one attached hydrogen (secondary N) is 1. The summed E-state index contributed by atoms with van der Waals surface area (Å²) in [6, 6.07) is 10.1. The lowest BCUT2D eigenvalue weighted by Crippen LogP contribution is -2.10. The van der Waals surface area contributed by atoms with Crippen LogP contribution < -0.4 is 10.1 Å². The van der Waals surface area contributed by atoms with E-state index in [-0.39, 0.29) is 0 Å². The van der Waals surface area contributed by atoms with Crippen LogP contribution in [0.25, 0.3) is 0 Å². The van der Waals surface area contributed by atoms with Crippen molar-refractivity contribution in [2.75, 3.05) is 19.0 Å². The maximum absolute atomic E-state index is 9.23. The molecule has 0 spiro atoms. The first-order chi connectivity index (χ1) is 10.2. The Bertz CT molecular complexity index is 659. The topological polar surface area (TPSA) is 70.8 Å². The van der Waals surface area contributed by atoms with Crippen molar-refractivity contribution in [3.05, 3.63) is 46.6 Å². The number of methoxy groups -OCH3 is 1. The van der Waals surface area contributed by atoms with Crippen LogP contribution >= 0.6 is 0 Å². The largest absolute Gasteiger partial charge is 0.497 e. The standard InChI is InChI=1S/C16H18N4O/c1-11-12(2)19-20-16(15(11)10-17)18-9-8-13-4-6-14(21-3)7-5-13/h4-7H,8-9H2,1-3H3,(H,18,20). The molecule has 1 N–H and O–H groups in total. The number of hydrogen-bond donors (Lipinski definition) is 1. The van der Waals surface area contributed by atoms with Gasteiger partial charge >= 0.3 is 0 Å². The van der Waals surface area contributed by atoms with Crippen molar-refractivity contribution in [3.8, 4) is 11.8 Å². The molecule has 0 saturated carbocycles. The fourth-order valence-corrected chi connectivity index (χ4v) is 1.99. The van der Waals surface area contributed by atoms with Crippen LogP contribution in [0.1, 0.15) is 22.4 Å². The maximum Gasteiger partial charge on any atom is 0.166 e. The van der Waals surface area contributed by atoms with Gasteiger partial charge in [-0.1, -0.05) is 12.1 Å². The summed E-state index contributed by atoms with van der Waals surface area (Å²) in [6.45, 7) is 4.43. The number of anilines is 1. The van der Waals surface area contributed by atoms with Crippen LogP contribution in [-0.4, -0.2) is 23.9 Å². The lowest BCUT2D eigenvalue weighted by Gasteiger charge is -2.09. The molecule has 0 unspecified atom stereocenters. The average molecular weight is 282 g/mol. The van der Waals surface area contributed by atoms with E-state index in [9.17, 15) is 5.26 Å². The molecule has 0 bridgehead atoms. The third kappa shape index (κ3) is 3.48. The first-order valence-corrected chi connectivity index (χ1v) is 6.76. The van der Waals surface area contributed by atoms with Crippen LogP contribution in [0.15, 0.2) is 24.3 Å². The molecule has 5 heteroatoms. The van der Waals surface area contributed by atoms with Gasteiger partial charge in [0, 0.05) is 6.54 Å². The summed E-state index contributed by atoms with van der Waals surface area (Å²) in [5.41, 5.74) is 3.42. The van der Waals surface area contributed by atoms with E-state index in [1.807, 2.05) is 38.1 Å². The van der Waals surface area contributed by atoms with Crippen LogP contribution in [0, 0.1) is 25.2 Å². The molecule has 0 aliphatic rings. The van der Waals surface area contributed by atoms with E-state index in [4.69, 9.17) is 4.74 Å². The van der Waals surface area contributed by atoms with Crippen molar-refractivity contribution in [3.63, 3.8) is 0 Å². The van der Waals surface area contributed by atoms with E-state index in [2.05, 4.69) is 21.6 Å². The third-order valence-corrected chi connectivity index (χ3v) is 3.43. The second-order valence-electron chi connectivity index (χ2n) is 4.77. The summed E-state index contributed by atoms with van der Waals surface area (Å²) in [7, 11) is 1.65. The number of aromatic nitrogens is 2. The molecule has 5 nitrogen and oxygen atoms in total. The van der Waals surface area contributed by atoms with Gasteiger partial charge in [-0.2, -0.15) is 10.4 Å². The summed E-state index contributed by atoms with van der Waals surface area (Å²) >= 11 is 0. The molecular weight excluding hydrogens is 264 g/mol. The number of nitrogens with zero attached hydrogens (tertiary/aromatic N) is 3. The van der Waals surface area contributed by atoms with Crippen molar-refractivity contribution >= 4 is 5.82 Å². The van der Waals surface area contributed by atoms with Gasteiger partial charge in [-0.05, 0) is 43.5 Å². The molecule has 0 fully saturated rings. The van der Waals surface area contributed by atoms with Crippen molar-refractivity contribution in [2.24, 2.45) is 0 Å². The van der Waals surface area contributed by atoms with Gasteiger partial charge in [-0.25, -0.2) is 0 Å². The van der Waals surface area contributed by atoms with Crippen LogP contribution in [-0.2, 0) is 6.42 Å². The van der Waals surface area contributed by atoms with Crippen LogP contribution in [0.2, 0.25) is 0 Å². The van der Waals surface area contributed by atoms with Gasteiger partial charge in [0.1, 0.15) is 17.4 Å². The fraction of sp³-hybridized carbons (Fsp3) is 0.312. The molecule has 0 atom stereocenters. The van der Waals surface area contributed by atoms with Crippen molar-refractivity contribution in [1.29, 1.82) is 5.26 Å². The molecular formula is C16H18N4O. The number of benzene rings is 1. The minimum atomic E-state index is 0.550. The fourth-order valence-electron chi connectivity index (χ4n) is 1.99. The summed E-state index contributed by atoms with van der Waals surface area (Å²) in [6.07, 6.45) is 0.837. The number of rotatable bonds is 5. The number of nitriles is 1. The maximum atomic E-state index is 9.23. The highest BCUT2D eigenvalue weighted by Crippen LogP contribution is 2.17. The molecule has 108 valence electrons. The van der Waals surface area contributed by atoms with E-state index in [1.54, 1.807) is 7.11 Å². The lowest BCUT2D eigenvalue weighted by atomic mass is 10.1. The Labute approximate surface area is 124 Å². The number of ether oxygens (including phenoxy) is 1. The van der Waals surface area contributed by atoms with Crippen molar-refractivity contribution in [2.45, 2.75) is 20.3 Å². The van der Waals surface area contributed by atoms with Crippen LogP contribution in [0.5, 0.6) is 5.75 Å². The number of hydrogen-bond acceptors (Lipinski definition) is 5. The van der Waals surface area contributed by atoms with E-state index in [0.29, 0.717) is 17.9 Å². The minimum absolute atomic E-state index is 0.550. The van der Waals surface area contributed by atoms with Gasteiger partial charge in [0.2, 0.25) is 0 Å². The molecule has 2 rings (SSSR count). The summed E-state index contributed by atoms with van der Waals surface area (Å²) < 4.78 is 5.13. The molecule has 1 aromatic carbocycles. The summed E-state index contributed by atoms with van der Waals surface area (Å²) in [5.74, 6) is 1.40. The summed E-state index contributed by atoms with van der Waals surface area (Å²) in [4.78, 5) is 0. The van der Waals surface area contributed by atoms with E-state index in [0.717, 1.165) is 23.4 Å². The van der Waals surface area contributed by atoms with Gasteiger partial charge < -0.3 is 10.1 Å². The van der Waals surface area contributed by atoms with Gasteiger partial charge in [-0.15, -0.1) is 5.10 Å². The molecule has 0 saturated heterocycles. The monoisotopic (exact) mass is 282 g/mol.